The molecule has 0 saturated heterocycles. The highest BCUT2D eigenvalue weighted by molar-refractivity contribution is 5.88. The van der Waals surface area contributed by atoms with E-state index in [0.717, 1.165) is 6.42 Å². The van der Waals surface area contributed by atoms with Gasteiger partial charge in [0.2, 0.25) is 5.91 Å². The third-order valence-corrected chi connectivity index (χ3v) is 1.88. The maximum atomic E-state index is 11.0. The van der Waals surface area contributed by atoms with E-state index in [1.165, 1.54) is 5.57 Å². The molecule has 0 spiro atoms. The molecule has 0 aliphatic carbocycles. The number of rotatable bonds is 0. The normalized spacial score (nSPS) is 21.8. The Hall–Kier alpha value is -1.05. The van der Waals surface area contributed by atoms with Crippen LogP contribution < -0.4 is 5.32 Å². The topological polar surface area (TPSA) is 29.1 Å². The van der Waals surface area contributed by atoms with Crippen LogP contribution in [0, 0.1) is 5.41 Å². The number of hydrogen-bond donors (Lipinski definition) is 1. The highest BCUT2D eigenvalue weighted by atomic mass is 16.1. The molecule has 2 nitrogen and oxygen atoms in total. The van der Waals surface area contributed by atoms with E-state index in [0.29, 0.717) is 0 Å². The van der Waals surface area contributed by atoms with Crippen LogP contribution >= 0.6 is 0 Å². The van der Waals surface area contributed by atoms with Crippen molar-refractivity contribution in [1.82, 2.24) is 5.32 Å². The van der Waals surface area contributed by atoms with Crippen LogP contribution in [0.25, 0.3) is 0 Å². The Morgan fingerprint density at radius 2 is 1.93 bits per heavy atom. The number of carbonyl (C=O) groups is 1. The Balaban J connectivity index is 0.000000791. The zero-order chi connectivity index (χ0) is 11.2. The second kappa shape index (κ2) is 5.63. The summed E-state index contributed by atoms with van der Waals surface area (Å²) < 4.78 is 0. The van der Waals surface area contributed by atoms with Crippen molar-refractivity contribution in [2.75, 3.05) is 0 Å². The average Bonchev–Trinajstić information content (AvgIpc) is 2.13. The average molecular weight is 195 g/mol. The lowest BCUT2D eigenvalue weighted by Gasteiger charge is -2.21. The summed E-state index contributed by atoms with van der Waals surface area (Å²) in [5.41, 5.74) is 1.30. The number of hydrogen-bond acceptors (Lipinski definition) is 1. The zero-order valence-corrected chi connectivity index (χ0v) is 9.85. The summed E-state index contributed by atoms with van der Waals surface area (Å²) in [7, 11) is 0. The molecule has 0 saturated carbocycles. The molecule has 0 atom stereocenters. The van der Waals surface area contributed by atoms with Crippen molar-refractivity contribution < 1.29 is 4.79 Å². The summed E-state index contributed by atoms with van der Waals surface area (Å²) in [6.07, 6.45) is 6.33. The van der Waals surface area contributed by atoms with Gasteiger partial charge < -0.3 is 5.32 Å². The van der Waals surface area contributed by atoms with Crippen LogP contribution in [0.15, 0.2) is 23.9 Å². The van der Waals surface area contributed by atoms with Crippen molar-refractivity contribution in [1.29, 1.82) is 0 Å². The van der Waals surface area contributed by atoms with Gasteiger partial charge >= 0.3 is 0 Å². The van der Waals surface area contributed by atoms with Gasteiger partial charge in [-0.1, -0.05) is 39.3 Å². The van der Waals surface area contributed by atoms with Crippen molar-refractivity contribution in [2.24, 2.45) is 5.41 Å². The van der Waals surface area contributed by atoms with Gasteiger partial charge in [0.15, 0.2) is 0 Å². The maximum absolute atomic E-state index is 11.0. The molecule has 0 unspecified atom stereocenters. The first-order valence-electron chi connectivity index (χ1n) is 5.15. The molecule has 0 bridgehead atoms. The van der Waals surface area contributed by atoms with E-state index in [2.05, 4.69) is 19.2 Å². The minimum absolute atomic E-state index is 0.0397. The first-order valence-corrected chi connectivity index (χ1v) is 5.15. The lowest BCUT2D eigenvalue weighted by Crippen LogP contribution is -2.20. The van der Waals surface area contributed by atoms with Crippen molar-refractivity contribution in [3.63, 3.8) is 0 Å². The molecule has 1 heterocycles. The molecule has 1 aliphatic heterocycles. The van der Waals surface area contributed by atoms with E-state index in [4.69, 9.17) is 0 Å². The fraction of sp³-hybridized carbons (Fsp3) is 0.583. The van der Waals surface area contributed by atoms with Gasteiger partial charge in [0, 0.05) is 6.20 Å². The Morgan fingerprint density at radius 3 is 2.50 bits per heavy atom. The lowest BCUT2D eigenvalue weighted by atomic mass is 9.85. The third kappa shape index (κ3) is 4.85. The van der Waals surface area contributed by atoms with E-state index in [-0.39, 0.29) is 11.3 Å². The van der Waals surface area contributed by atoms with Gasteiger partial charge in [-0.2, -0.15) is 0 Å². The summed E-state index contributed by atoms with van der Waals surface area (Å²) >= 11 is 0. The number of amides is 1. The fourth-order valence-corrected chi connectivity index (χ4v) is 1.37. The Morgan fingerprint density at radius 1 is 1.36 bits per heavy atom. The molecule has 0 aromatic heterocycles. The molecule has 1 aliphatic rings. The van der Waals surface area contributed by atoms with E-state index >= 15 is 0 Å². The van der Waals surface area contributed by atoms with Gasteiger partial charge in [-0.15, -0.1) is 0 Å². The predicted molar refractivity (Wildman–Crippen MR) is 60.8 cm³/mol. The molecular weight excluding hydrogens is 174 g/mol. The maximum Gasteiger partial charge on any atom is 0.247 e. The summed E-state index contributed by atoms with van der Waals surface area (Å²) in [6, 6.07) is 0. The van der Waals surface area contributed by atoms with Gasteiger partial charge in [0.05, 0.1) is 0 Å². The van der Waals surface area contributed by atoms with Crippen LogP contribution in [0.4, 0.5) is 0 Å². The molecular formula is C12H21NO. The molecule has 0 radical (unpaired) electrons. The number of allylic oxidation sites excluding steroid dienone is 2. The number of carbonyl (C=O) groups excluding carboxylic acids is 1. The predicted octanol–water partition coefficient (Wildman–Crippen LogP) is 3.02. The molecule has 1 amide bonds. The monoisotopic (exact) mass is 195 g/mol. The molecule has 14 heavy (non-hydrogen) atoms. The molecule has 0 aromatic rings. The largest absolute Gasteiger partial charge is 0.329 e. The molecule has 2 heteroatoms. The van der Waals surface area contributed by atoms with E-state index in [9.17, 15) is 4.79 Å². The first-order chi connectivity index (χ1) is 6.49. The van der Waals surface area contributed by atoms with Crippen molar-refractivity contribution in [3.8, 4) is 0 Å². The zero-order valence-electron chi connectivity index (χ0n) is 9.85. The Labute approximate surface area is 87.1 Å². The summed E-state index contributed by atoms with van der Waals surface area (Å²) in [6.45, 7) is 10.3. The minimum Gasteiger partial charge on any atom is -0.329 e. The van der Waals surface area contributed by atoms with Crippen LogP contribution in [-0.2, 0) is 4.79 Å². The highest BCUT2D eigenvalue weighted by Gasteiger charge is 2.16. The van der Waals surface area contributed by atoms with Crippen molar-refractivity contribution in [2.45, 2.75) is 41.0 Å². The Bertz CT molecular complexity index is 249. The van der Waals surface area contributed by atoms with Crippen LogP contribution in [0.1, 0.15) is 41.0 Å². The Kier molecular flexibility index (Phi) is 5.21. The minimum atomic E-state index is -0.0397. The van der Waals surface area contributed by atoms with E-state index in [1.54, 1.807) is 12.3 Å². The fourth-order valence-electron chi connectivity index (χ4n) is 1.37. The second-order valence-corrected chi connectivity index (χ2v) is 4.00. The van der Waals surface area contributed by atoms with Crippen LogP contribution in [0.5, 0.6) is 0 Å². The molecule has 1 N–H and O–H groups in total. The smallest absolute Gasteiger partial charge is 0.247 e. The number of nitrogens with one attached hydrogen (secondary N) is 1. The molecule has 0 aromatic carbocycles. The standard InChI is InChI=1S/C10H15NO.C2H6/c1-8-6-10(2,3)5-4-9(12)11-7-8;1-2/h4-5,7H,6H2,1-3H3,(H,11,12);1-2H3/b5-4-,8-7?;. The van der Waals surface area contributed by atoms with E-state index < -0.39 is 0 Å². The SMILES string of the molecule is CC.CC1=CNC(=O)/C=C\C(C)(C)C1. The second-order valence-electron chi connectivity index (χ2n) is 4.00. The van der Waals surface area contributed by atoms with Crippen molar-refractivity contribution in [3.05, 3.63) is 23.9 Å². The van der Waals surface area contributed by atoms with Gasteiger partial charge in [0.1, 0.15) is 0 Å². The lowest BCUT2D eigenvalue weighted by molar-refractivity contribution is -0.115. The molecule has 0 fully saturated rings. The van der Waals surface area contributed by atoms with Crippen LogP contribution in [-0.4, -0.2) is 5.91 Å². The molecule has 80 valence electrons. The van der Waals surface area contributed by atoms with Gasteiger partial charge in [0.25, 0.3) is 0 Å². The van der Waals surface area contributed by atoms with Gasteiger partial charge in [-0.25, -0.2) is 0 Å². The van der Waals surface area contributed by atoms with Gasteiger partial charge in [-0.3, -0.25) is 4.79 Å². The summed E-state index contributed by atoms with van der Waals surface area (Å²) in [5.74, 6) is -0.0397. The van der Waals surface area contributed by atoms with Crippen LogP contribution in [0.2, 0.25) is 0 Å². The third-order valence-electron chi connectivity index (χ3n) is 1.88. The molecule has 1 rings (SSSR count). The highest BCUT2D eigenvalue weighted by Crippen LogP contribution is 2.26. The van der Waals surface area contributed by atoms with Crippen molar-refractivity contribution >= 4 is 5.91 Å². The quantitative estimate of drug-likeness (QED) is 0.632. The first kappa shape index (κ1) is 12.9. The van der Waals surface area contributed by atoms with Crippen LogP contribution in [0.3, 0.4) is 0 Å². The summed E-state index contributed by atoms with van der Waals surface area (Å²) in [4.78, 5) is 11.0. The summed E-state index contributed by atoms with van der Waals surface area (Å²) in [5, 5.41) is 2.68. The van der Waals surface area contributed by atoms with E-state index in [1.807, 2.05) is 26.8 Å². The van der Waals surface area contributed by atoms with Gasteiger partial charge in [-0.05, 0) is 24.8 Å².